The van der Waals surface area contributed by atoms with Crippen LogP contribution in [0.15, 0.2) is 55.1 Å². The van der Waals surface area contributed by atoms with Crippen molar-refractivity contribution in [1.29, 1.82) is 0 Å². The summed E-state index contributed by atoms with van der Waals surface area (Å²) < 4.78 is 5.58. The molecule has 0 radical (unpaired) electrons. The lowest BCUT2D eigenvalue weighted by Gasteiger charge is -2.33. The summed E-state index contributed by atoms with van der Waals surface area (Å²) in [4.78, 5) is 27.4. The van der Waals surface area contributed by atoms with Gasteiger partial charge in [0.15, 0.2) is 0 Å². The average molecular weight is 362 g/mol. The lowest BCUT2D eigenvalue weighted by molar-refractivity contribution is -0.127. The van der Waals surface area contributed by atoms with Gasteiger partial charge in [0.25, 0.3) is 0 Å². The summed E-state index contributed by atoms with van der Waals surface area (Å²) in [5.41, 5.74) is 6.11. The fourth-order valence-electron chi connectivity index (χ4n) is 3.83. The number of hydrogen-bond donors (Lipinski definition) is 0. The van der Waals surface area contributed by atoms with Crippen LogP contribution in [0.25, 0.3) is 11.1 Å². The summed E-state index contributed by atoms with van der Waals surface area (Å²) in [5.74, 6) is -0.0950. The van der Waals surface area contributed by atoms with E-state index in [1.165, 1.54) is 28.3 Å². The number of piperazine rings is 1. The quantitative estimate of drug-likeness (QED) is 0.672. The van der Waals surface area contributed by atoms with Gasteiger partial charge in [-0.05, 0) is 40.3 Å². The Morgan fingerprint density at radius 3 is 2.44 bits per heavy atom. The Balaban J connectivity index is 1.39. The molecule has 1 heterocycles. The maximum atomic E-state index is 12.4. The highest BCUT2D eigenvalue weighted by Crippen LogP contribution is 2.38. The second-order valence-corrected chi connectivity index (χ2v) is 6.85. The third-order valence-corrected chi connectivity index (χ3v) is 5.32. The van der Waals surface area contributed by atoms with Gasteiger partial charge in [0, 0.05) is 26.2 Å². The van der Waals surface area contributed by atoms with Gasteiger partial charge >= 0.3 is 6.09 Å². The highest BCUT2D eigenvalue weighted by atomic mass is 16.6. The van der Waals surface area contributed by atoms with Crippen molar-refractivity contribution in [3.63, 3.8) is 0 Å². The molecule has 0 atom stereocenters. The second-order valence-electron chi connectivity index (χ2n) is 6.85. The number of rotatable bonds is 3. The number of hydrogen-bond acceptors (Lipinski definition) is 3. The minimum atomic E-state index is -0.325. The summed E-state index contributed by atoms with van der Waals surface area (Å²) in [5, 5.41) is 0. The monoisotopic (exact) mass is 362 g/mol. The number of ether oxygens (including phenoxy) is 1. The summed E-state index contributed by atoms with van der Waals surface area (Å²) >= 11 is 0. The van der Waals surface area contributed by atoms with Gasteiger partial charge in [-0.1, -0.05) is 49.0 Å². The molecule has 5 heteroatoms. The van der Waals surface area contributed by atoms with E-state index in [2.05, 4.69) is 36.9 Å². The largest absolute Gasteiger partial charge is 0.445 e. The molecule has 0 bridgehead atoms. The molecule has 1 aliphatic carbocycles. The second kappa shape index (κ2) is 7.27. The van der Waals surface area contributed by atoms with Crippen LogP contribution in [0.1, 0.15) is 16.7 Å². The predicted molar refractivity (Wildman–Crippen MR) is 103 cm³/mol. The minimum Gasteiger partial charge on any atom is -0.445 e. The number of nitrogens with zero attached hydrogens (tertiary/aromatic N) is 2. The molecule has 27 heavy (non-hydrogen) atoms. The van der Waals surface area contributed by atoms with E-state index in [9.17, 15) is 9.59 Å². The van der Waals surface area contributed by atoms with Gasteiger partial charge in [-0.3, -0.25) is 4.79 Å². The lowest BCUT2D eigenvalue weighted by Crippen LogP contribution is -2.50. The van der Waals surface area contributed by atoms with Crippen molar-refractivity contribution in [2.75, 3.05) is 26.2 Å². The maximum absolute atomic E-state index is 12.4. The first-order chi connectivity index (χ1) is 13.2. The molecule has 5 nitrogen and oxygen atoms in total. The molecule has 0 aromatic heterocycles. The van der Waals surface area contributed by atoms with E-state index in [1.807, 2.05) is 12.1 Å². The molecule has 0 unspecified atom stereocenters. The molecule has 2 aliphatic rings. The van der Waals surface area contributed by atoms with Gasteiger partial charge in [-0.15, -0.1) is 0 Å². The molecule has 1 aliphatic heterocycles. The Morgan fingerprint density at radius 2 is 1.67 bits per heavy atom. The molecule has 2 aromatic rings. The Morgan fingerprint density at radius 1 is 0.963 bits per heavy atom. The highest BCUT2D eigenvalue weighted by Gasteiger charge is 2.25. The van der Waals surface area contributed by atoms with Crippen LogP contribution in [0, 0.1) is 0 Å². The standard InChI is InChI=1S/C22H22N2O3/c1-2-21(25)23-10-12-24(13-11-23)22(26)27-15-17-7-5-9-19-18-8-4-3-6-16(18)14-20(17)19/h2-9H,1,10-15H2. The lowest BCUT2D eigenvalue weighted by atomic mass is 10.0. The van der Waals surface area contributed by atoms with Crippen LogP contribution in [-0.4, -0.2) is 48.0 Å². The van der Waals surface area contributed by atoms with Crippen LogP contribution in [0.4, 0.5) is 4.79 Å². The van der Waals surface area contributed by atoms with Crippen molar-refractivity contribution < 1.29 is 14.3 Å². The number of fused-ring (bicyclic) bond motifs is 3. The van der Waals surface area contributed by atoms with Crippen molar-refractivity contribution >= 4 is 12.0 Å². The Bertz CT molecular complexity index is 898. The fraction of sp³-hybridized carbons (Fsp3) is 0.273. The number of carbonyl (C=O) groups is 2. The Labute approximate surface area is 158 Å². The highest BCUT2D eigenvalue weighted by molar-refractivity contribution is 5.87. The van der Waals surface area contributed by atoms with Crippen molar-refractivity contribution in [3.05, 3.63) is 71.8 Å². The zero-order valence-electron chi connectivity index (χ0n) is 15.2. The van der Waals surface area contributed by atoms with E-state index in [0.29, 0.717) is 26.2 Å². The van der Waals surface area contributed by atoms with E-state index in [0.717, 1.165) is 12.0 Å². The van der Waals surface area contributed by atoms with Crippen LogP contribution < -0.4 is 0 Å². The molecule has 2 aromatic carbocycles. The first-order valence-electron chi connectivity index (χ1n) is 9.19. The molecule has 1 saturated heterocycles. The summed E-state index contributed by atoms with van der Waals surface area (Å²) in [7, 11) is 0. The topological polar surface area (TPSA) is 49.9 Å². The molecule has 138 valence electrons. The molecule has 0 N–H and O–H groups in total. The number of carbonyl (C=O) groups excluding carboxylic acids is 2. The molecule has 0 saturated carbocycles. The zero-order chi connectivity index (χ0) is 18.8. The van der Waals surface area contributed by atoms with Gasteiger partial charge in [-0.25, -0.2) is 4.79 Å². The molecular weight excluding hydrogens is 340 g/mol. The van der Waals surface area contributed by atoms with Gasteiger partial charge < -0.3 is 14.5 Å². The Hall–Kier alpha value is -3.08. The fourth-order valence-corrected chi connectivity index (χ4v) is 3.83. The van der Waals surface area contributed by atoms with E-state index in [4.69, 9.17) is 4.74 Å². The molecular formula is C22H22N2O3. The average Bonchev–Trinajstić information content (AvgIpc) is 3.11. The molecule has 0 spiro atoms. The zero-order valence-corrected chi connectivity index (χ0v) is 15.2. The van der Waals surface area contributed by atoms with Crippen molar-refractivity contribution in [1.82, 2.24) is 9.80 Å². The van der Waals surface area contributed by atoms with Gasteiger partial charge in [0.05, 0.1) is 0 Å². The number of amides is 2. The third kappa shape index (κ3) is 3.33. The van der Waals surface area contributed by atoms with E-state index < -0.39 is 0 Å². The number of benzene rings is 2. The smallest absolute Gasteiger partial charge is 0.410 e. The van der Waals surface area contributed by atoms with Crippen LogP contribution in [-0.2, 0) is 22.6 Å². The normalized spacial score (nSPS) is 15.1. The Kier molecular flexibility index (Phi) is 4.67. The SMILES string of the molecule is C=CC(=O)N1CCN(C(=O)OCc2cccc3c2Cc2ccccc2-3)CC1. The third-order valence-electron chi connectivity index (χ3n) is 5.32. The maximum Gasteiger partial charge on any atom is 0.410 e. The molecule has 2 amide bonds. The first kappa shape index (κ1) is 17.3. The van der Waals surface area contributed by atoms with E-state index in [1.54, 1.807) is 9.80 Å². The van der Waals surface area contributed by atoms with Gasteiger partial charge in [0.2, 0.25) is 5.91 Å². The van der Waals surface area contributed by atoms with Crippen molar-refractivity contribution in [3.8, 4) is 11.1 Å². The van der Waals surface area contributed by atoms with Crippen LogP contribution in [0.2, 0.25) is 0 Å². The van der Waals surface area contributed by atoms with Crippen LogP contribution >= 0.6 is 0 Å². The van der Waals surface area contributed by atoms with Crippen molar-refractivity contribution in [2.24, 2.45) is 0 Å². The predicted octanol–water partition coefficient (Wildman–Crippen LogP) is 3.22. The van der Waals surface area contributed by atoms with E-state index in [-0.39, 0.29) is 18.6 Å². The summed E-state index contributed by atoms with van der Waals surface area (Å²) in [6.07, 6.45) is 1.86. The van der Waals surface area contributed by atoms with E-state index >= 15 is 0 Å². The molecule has 4 rings (SSSR count). The first-order valence-corrected chi connectivity index (χ1v) is 9.19. The van der Waals surface area contributed by atoms with Crippen LogP contribution in [0.5, 0.6) is 0 Å². The minimum absolute atomic E-state index is 0.0950. The van der Waals surface area contributed by atoms with Gasteiger partial charge in [-0.2, -0.15) is 0 Å². The van der Waals surface area contributed by atoms with Gasteiger partial charge in [0.1, 0.15) is 6.61 Å². The molecule has 1 fully saturated rings. The van der Waals surface area contributed by atoms with Crippen molar-refractivity contribution in [2.45, 2.75) is 13.0 Å². The summed E-state index contributed by atoms with van der Waals surface area (Å²) in [6.45, 7) is 5.75. The summed E-state index contributed by atoms with van der Waals surface area (Å²) in [6, 6.07) is 14.6. The van der Waals surface area contributed by atoms with Crippen LogP contribution in [0.3, 0.4) is 0 Å².